The van der Waals surface area contributed by atoms with Crippen molar-refractivity contribution in [2.24, 2.45) is 7.05 Å². The van der Waals surface area contributed by atoms with E-state index < -0.39 is 35.7 Å². The Balaban J connectivity index is 1.60. The van der Waals surface area contributed by atoms with Crippen LogP contribution in [0.5, 0.6) is 0 Å². The van der Waals surface area contributed by atoms with Crippen molar-refractivity contribution in [3.05, 3.63) is 58.9 Å². The van der Waals surface area contributed by atoms with Gasteiger partial charge in [-0.05, 0) is 37.0 Å². The SMILES string of the molecule is Cn1nc(C(F)(F)F)cc1C(=O)N[C@@H]1CCCc2cn(-c3ccnc(C(F)(F)F)c3)nc21. The zero-order valence-electron chi connectivity index (χ0n) is 16.5. The molecule has 1 atom stereocenters. The maximum absolute atomic E-state index is 13.0. The first-order valence-electron chi connectivity index (χ1n) is 9.47. The zero-order chi connectivity index (χ0) is 23.3. The van der Waals surface area contributed by atoms with Crippen LogP contribution >= 0.6 is 0 Å². The first-order valence-corrected chi connectivity index (χ1v) is 9.47. The molecule has 1 aliphatic carbocycles. The van der Waals surface area contributed by atoms with E-state index >= 15 is 0 Å². The van der Waals surface area contributed by atoms with E-state index in [1.807, 2.05) is 0 Å². The number of nitrogens with one attached hydrogen (secondary N) is 1. The van der Waals surface area contributed by atoms with Crippen molar-refractivity contribution in [1.29, 1.82) is 0 Å². The van der Waals surface area contributed by atoms with E-state index in [0.717, 1.165) is 22.5 Å². The summed E-state index contributed by atoms with van der Waals surface area (Å²) in [6, 6.07) is 2.28. The molecule has 0 fully saturated rings. The monoisotopic (exact) mass is 458 g/mol. The van der Waals surface area contributed by atoms with Crippen LogP contribution in [-0.2, 0) is 25.8 Å². The second-order valence-corrected chi connectivity index (χ2v) is 7.34. The van der Waals surface area contributed by atoms with Gasteiger partial charge in [0.05, 0.1) is 17.4 Å². The predicted octanol–water partition coefficient (Wildman–Crippen LogP) is 3.85. The summed E-state index contributed by atoms with van der Waals surface area (Å²) in [6.07, 6.45) is -4.96. The Kier molecular flexibility index (Phi) is 5.21. The Morgan fingerprint density at radius 1 is 1.09 bits per heavy atom. The first kappa shape index (κ1) is 21.8. The molecule has 7 nitrogen and oxygen atoms in total. The maximum atomic E-state index is 13.0. The molecule has 1 aliphatic rings. The molecule has 1 amide bonds. The lowest BCUT2D eigenvalue weighted by molar-refractivity contribution is -0.142. The third-order valence-electron chi connectivity index (χ3n) is 5.10. The molecule has 3 aromatic rings. The highest BCUT2D eigenvalue weighted by atomic mass is 19.4. The molecule has 0 saturated heterocycles. The minimum atomic E-state index is -4.69. The van der Waals surface area contributed by atoms with Gasteiger partial charge in [0.2, 0.25) is 0 Å². The largest absolute Gasteiger partial charge is 0.435 e. The summed E-state index contributed by atoms with van der Waals surface area (Å²) >= 11 is 0. The van der Waals surface area contributed by atoms with Crippen LogP contribution in [0, 0.1) is 0 Å². The Morgan fingerprint density at radius 3 is 2.47 bits per heavy atom. The fraction of sp³-hybridized carbons (Fsp3) is 0.368. The Bertz CT molecular complexity index is 1160. The number of aryl methyl sites for hydroxylation is 2. The summed E-state index contributed by atoms with van der Waals surface area (Å²) in [7, 11) is 1.23. The Morgan fingerprint density at radius 2 is 1.81 bits per heavy atom. The number of hydrogen-bond donors (Lipinski definition) is 1. The molecule has 0 saturated carbocycles. The van der Waals surface area contributed by atoms with Crippen LogP contribution in [0.2, 0.25) is 0 Å². The standard InChI is InChI=1S/C19H16F6N6O/c1-30-13(8-15(28-30)19(23,24)25)17(32)27-12-4-2-3-10-9-31(29-16(10)12)11-5-6-26-14(7-11)18(20,21)22/h5-9,12H,2-4H2,1H3,(H,27,32)/t12-/m1/s1. The number of nitrogens with zero attached hydrogens (tertiary/aromatic N) is 5. The van der Waals surface area contributed by atoms with Gasteiger partial charge >= 0.3 is 12.4 Å². The van der Waals surface area contributed by atoms with Crippen molar-refractivity contribution < 1.29 is 31.1 Å². The number of rotatable bonds is 3. The molecular weight excluding hydrogens is 442 g/mol. The highest BCUT2D eigenvalue weighted by Crippen LogP contribution is 2.32. The lowest BCUT2D eigenvalue weighted by Gasteiger charge is -2.22. The Hall–Kier alpha value is -3.38. The summed E-state index contributed by atoms with van der Waals surface area (Å²) in [5, 5.41) is 10.3. The number of pyridine rings is 1. The van der Waals surface area contributed by atoms with Gasteiger partial charge in [-0.2, -0.15) is 36.5 Å². The third-order valence-corrected chi connectivity index (χ3v) is 5.10. The fourth-order valence-corrected chi connectivity index (χ4v) is 3.58. The van der Waals surface area contributed by atoms with E-state index in [0.29, 0.717) is 31.0 Å². The molecule has 3 aromatic heterocycles. The highest BCUT2D eigenvalue weighted by molar-refractivity contribution is 5.93. The van der Waals surface area contributed by atoms with Gasteiger partial charge in [0.15, 0.2) is 5.69 Å². The third kappa shape index (κ3) is 4.18. The number of halogens is 6. The van der Waals surface area contributed by atoms with Crippen molar-refractivity contribution >= 4 is 5.91 Å². The van der Waals surface area contributed by atoms with E-state index in [9.17, 15) is 31.1 Å². The second-order valence-electron chi connectivity index (χ2n) is 7.34. The number of fused-ring (bicyclic) bond motifs is 1. The predicted molar refractivity (Wildman–Crippen MR) is 97.7 cm³/mol. The minimum absolute atomic E-state index is 0.147. The number of carbonyl (C=O) groups is 1. The summed E-state index contributed by atoms with van der Waals surface area (Å²) in [4.78, 5) is 15.9. The number of amides is 1. The molecular formula is C19H16F6N6O. The normalized spacial score (nSPS) is 16.7. The molecule has 32 heavy (non-hydrogen) atoms. The van der Waals surface area contributed by atoms with E-state index in [1.165, 1.54) is 17.8 Å². The lowest BCUT2D eigenvalue weighted by atomic mass is 9.93. The molecule has 170 valence electrons. The quantitative estimate of drug-likeness (QED) is 0.605. The fourth-order valence-electron chi connectivity index (χ4n) is 3.58. The topological polar surface area (TPSA) is 77.6 Å². The zero-order valence-corrected chi connectivity index (χ0v) is 16.5. The van der Waals surface area contributed by atoms with Gasteiger partial charge in [-0.3, -0.25) is 14.5 Å². The molecule has 0 aliphatic heterocycles. The molecule has 0 aromatic carbocycles. The van der Waals surface area contributed by atoms with E-state index in [1.54, 1.807) is 6.20 Å². The number of carbonyl (C=O) groups excluding carboxylic acids is 1. The smallest absolute Gasteiger partial charge is 0.342 e. The van der Waals surface area contributed by atoms with Gasteiger partial charge in [0.1, 0.15) is 11.4 Å². The Labute approximate surface area is 177 Å². The van der Waals surface area contributed by atoms with Crippen LogP contribution in [-0.4, -0.2) is 30.5 Å². The maximum Gasteiger partial charge on any atom is 0.435 e. The van der Waals surface area contributed by atoms with Gasteiger partial charge in [-0.15, -0.1) is 0 Å². The van der Waals surface area contributed by atoms with Crippen molar-refractivity contribution in [2.45, 2.75) is 37.7 Å². The average molecular weight is 458 g/mol. The molecule has 0 bridgehead atoms. The van der Waals surface area contributed by atoms with Crippen LogP contribution in [0.15, 0.2) is 30.6 Å². The number of aromatic nitrogens is 5. The van der Waals surface area contributed by atoms with Crippen molar-refractivity contribution in [1.82, 2.24) is 29.9 Å². The average Bonchev–Trinajstić information content (AvgIpc) is 3.32. The second kappa shape index (κ2) is 7.64. The van der Waals surface area contributed by atoms with E-state index in [4.69, 9.17) is 0 Å². The van der Waals surface area contributed by atoms with Crippen LogP contribution in [0.3, 0.4) is 0 Å². The van der Waals surface area contributed by atoms with Gasteiger partial charge in [0, 0.05) is 25.5 Å². The van der Waals surface area contributed by atoms with E-state index in [2.05, 4.69) is 20.5 Å². The first-order chi connectivity index (χ1) is 14.9. The van der Waals surface area contributed by atoms with Gasteiger partial charge < -0.3 is 5.32 Å². The van der Waals surface area contributed by atoms with Crippen molar-refractivity contribution in [2.75, 3.05) is 0 Å². The molecule has 0 unspecified atom stereocenters. The van der Waals surface area contributed by atoms with Crippen LogP contribution in [0.25, 0.3) is 5.69 Å². The van der Waals surface area contributed by atoms with Gasteiger partial charge in [0.25, 0.3) is 5.91 Å². The molecule has 0 radical (unpaired) electrons. The molecule has 3 heterocycles. The lowest BCUT2D eigenvalue weighted by Crippen LogP contribution is -2.32. The molecule has 13 heteroatoms. The van der Waals surface area contributed by atoms with Crippen molar-refractivity contribution in [3.63, 3.8) is 0 Å². The van der Waals surface area contributed by atoms with Crippen LogP contribution < -0.4 is 5.32 Å². The summed E-state index contributed by atoms with van der Waals surface area (Å²) in [5.41, 5.74) is -1.19. The van der Waals surface area contributed by atoms with Gasteiger partial charge in [-0.25, -0.2) is 4.68 Å². The number of alkyl halides is 6. The molecule has 1 N–H and O–H groups in total. The molecule has 4 rings (SSSR count). The van der Waals surface area contributed by atoms with Crippen LogP contribution in [0.4, 0.5) is 26.3 Å². The summed E-state index contributed by atoms with van der Waals surface area (Å²) in [5.74, 6) is -0.758. The number of hydrogen-bond acceptors (Lipinski definition) is 4. The van der Waals surface area contributed by atoms with Crippen molar-refractivity contribution in [3.8, 4) is 5.69 Å². The minimum Gasteiger partial charge on any atom is -0.342 e. The highest BCUT2D eigenvalue weighted by Gasteiger charge is 2.36. The van der Waals surface area contributed by atoms with Crippen LogP contribution in [0.1, 0.15) is 52.0 Å². The molecule has 0 spiro atoms. The summed E-state index contributed by atoms with van der Waals surface area (Å²) in [6.45, 7) is 0. The summed E-state index contributed by atoms with van der Waals surface area (Å²) < 4.78 is 79.6. The van der Waals surface area contributed by atoms with E-state index in [-0.39, 0.29) is 11.4 Å². The van der Waals surface area contributed by atoms with Gasteiger partial charge in [-0.1, -0.05) is 0 Å².